The van der Waals surface area contributed by atoms with Crippen LogP contribution in [0.25, 0.3) is 16.9 Å². The lowest BCUT2D eigenvalue weighted by Crippen LogP contribution is -1.87. The van der Waals surface area contributed by atoms with Gasteiger partial charge in [-0.25, -0.2) is 4.98 Å². The predicted molar refractivity (Wildman–Crippen MR) is 93.8 cm³/mol. The standard InChI is InChI=1S/C18H14N2S2/c1-13-9-10-20-15(12-13)19-17(14-6-3-2-4-7-14)18(20)22-16-8-5-11-21-16/h2-12H,1H3. The van der Waals surface area contributed by atoms with E-state index in [-0.39, 0.29) is 0 Å². The first kappa shape index (κ1) is 13.6. The summed E-state index contributed by atoms with van der Waals surface area (Å²) in [4.78, 5) is 4.87. The maximum atomic E-state index is 4.87. The maximum Gasteiger partial charge on any atom is 0.138 e. The number of aryl methyl sites for hydroxylation is 1. The molecule has 22 heavy (non-hydrogen) atoms. The number of pyridine rings is 1. The number of hydrogen-bond donors (Lipinski definition) is 0. The molecule has 0 radical (unpaired) electrons. The van der Waals surface area contributed by atoms with Gasteiger partial charge >= 0.3 is 0 Å². The number of fused-ring (bicyclic) bond motifs is 1. The van der Waals surface area contributed by atoms with E-state index in [0.717, 1.165) is 16.9 Å². The molecule has 0 unspecified atom stereocenters. The molecule has 0 aliphatic carbocycles. The molecule has 108 valence electrons. The minimum absolute atomic E-state index is 0.998. The number of hydrogen-bond acceptors (Lipinski definition) is 3. The highest BCUT2D eigenvalue weighted by molar-refractivity contribution is 8.01. The third kappa shape index (κ3) is 2.45. The van der Waals surface area contributed by atoms with Gasteiger partial charge in [-0.2, -0.15) is 0 Å². The summed E-state index contributed by atoms with van der Waals surface area (Å²) in [7, 11) is 0. The van der Waals surface area contributed by atoms with Gasteiger partial charge in [0.1, 0.15) is 16.4 Å². The Kier molecular flexibility index (Phi) is 3.48. The zero-order chi connectivity index (χ0) is 14.9. The zero-order valence-corrected chi connectivity index (χ0v) is 13.7. The largest absolute Gasteiger partial charge is 0.294 e. The monoisotopic (exact) mass is 322 g/mol. The summed E-state index contributed by atoms with van der Waals surface area (Å²) in [6.45, 7) is 2.10. The minimum Gasteiger partial charge on any atom is -0.294 e. The lowest BCUT2D eigenvalue weighted by Gasteiger charge is -2.03. The van der Waals surface area contributed by atoms with Crippen LogP contribution in [0.5, 0.6) is 0 Å². The van der Waals surface area contributed by atoms with Crippen molar-refractivity contribution < 1.29 is 0 Å². The Labute approximate surface area is 137 Å². The molecule has 0 amide bonds. The van der Waals surface area contributed by atoms with Crippen molar-refractivity contribution in [3.8, 4) is 11.3 Å². The lowest BCUT2D eigenvalue weighted by atomic mass is 10.2. The molecular weight excluding hydrogens is 308 g/mol. The fourth-order valence-electron chi connectivity index (χ4n) is 2.42. The summed E-state index contributed by atoms with van der Waals surface area (Å²) in [5.41, 5.74) is 4.43. The predicted octanol–water partition coefficient (Wildman–Crippen LogP) is 5.52. The van der Waals surface area contributed by atoms with Crippen LogP contribution in [0.1, 0.15) is 5.56 Å². The third-order valence-electron chi connectivity index (χ3n) is 3.48. The molecule has 0 aliphatic heterocycles. The molecule has 4 heteroatoms. The number of benzene rings is 1. The van der Waals surface area contributed by atoms with Gasteiger partial charge in [0.2, 0.25) is 0 Å². The number of rotatable bonds is 3. The Balaban J connectivity index is 1.94. The van der Waals surface area contributed by atoms with Gasteiger partial charge in [0.15, 0.2) is 0 Å². The van der Waals surface area contributed by atoms with Crippen molar-refractivity contribution in [1.82, 2.24) is 9.38 Å². The topological polar surface area (TPSA) is 17.3 Å². The van der Waals surface area contributed by atoms with Crippen molar-refractivity contribution in [2.75, 3.05) is 0 Å². The van der Waals surface area contributed by atoms with Crippen LogP contribution in [0.15, 0.2) is 75.4 Å². The Bertz CT molecular complexity index is 909. The molecule has 2 nitrogen and oxygen atoms in total. The van der Waals surface area contributed by atoms with Crippen LogP contribution < -0.4 is 0 Å². The van der Waals surface area contributed by atoms with Crippen LogP contribution >= 0.6 is 23.1 Å². The van der Waals surface area contributed by atoms with Gasteiger partial charge < -0.3 is 0 Å². The van der Waals surface area contributed by atoms with Crippen molar-refractivity contribution in [3.63, 3.8) is 0 Å². The molecule has 0 aliphatic rings. The van der Waals surface area contributed by atoms with Crippen LogP contribution in [0, 0.1) is 6.92 Å². The van der Waals surface area contributed by atoms with E-state index < -0.39 is 0 Å². The first-order valence-electron chi connectivity index (χ1n) is 7.07. The highest BCUT2D eigenvalue weighted by atomic mass is 32.2. The summed E-state index contributed by atoms with van der Waals surface area (Å²) >= 11 is 3.54. The molecule has 4 rings (SSSR count). The van der Waals surface area contributed by atoms with Crippen molar-refractivity contribution in [2.45, 2.75) is 16.2 Å². The van der Waals surface area contributed by atoms with E-state index in [1.54, 1.807) is 23.1 Å². The Morgan fingerprint density at radius 2 is 1.91 bits per heavy atom. The molecule has 0 fully saturated rings. The van der Waals surface area contributed by atoms with Crippen molar-refractivity contribution >= 4 is 28.7 Å². The maximum absolute atomic E-state index is 4.87. The molecule has 0 saturated heterocycles. The molecular formula is C18H14N2S2. The van der Waals surface area contributed by atoms with Crippen molar-refractivity contribution in [2.24, 2.45) is 0 Å². The van der Waals surface area contributed by atoms with E-state index in [0.29, 0.717) is 0 Å². The van der Waals surface area contributed by atoms with Gasteiger partial charge in [-0.05, 0) is 36.1 Å². The quantitative estimate of drug-likeness (QED) is 0.494. The Hall–Kier alpha value is -2.04. The summed E-state index contributed by atoms with van der Waals surface area (Å²) in [6, 6.07) is 18.9. The van der Waals surface area contributed by atoms with Crippen LogP contribution in [0.3, 0.4) is 0 Å². The molecule has 0 bridgehead atoms. The van der Waals surface area contributed by atoms with E-state index in [4.69, 9.17) is 4.98 Å². The lowest BCUT2D eigenvalue weighted by molar-refractivity contribution is 1.05. The molecule has 0 saturated carbocycles. The summed E-state index contributed by atoms with van der Waals surface area (Å²) in [5.74, 6) is 0. The summed E-state index contributed by atoms with van der Waals surface area (Å²) < 4.78 is 3.46. The van der Waals surface area contributed by atoms with Crippen molar-refractivity contribution in [3.05, 3.63) is 71.7 Å². The van der Waals surface area contributed by atoms with Gasteiger partial charge in [-0.3, -0.25) is 4.40 Å². The molecule has 0 N–H and O–H groups in total. The number of nitrogens with zero attached hydrogens (tertiary/aromatic N) is 2. The second kappa shape index (κ2) is 5.63. The highest BCUT2D eigenvalue weighted by Crippen LogP contribution is 2.38. The van der Waals surface area contributed by atoms with Gasteiger partial charge in [0.25, 0.3) is 0 Å². The molecule has 3 aromatic heterocycles. The second-order valence-electron chi connectivity index (χ2n) is 5.10. The van der Waals surface area contributed by atoms with Crippen LogP contribution in [0.4, 0.5) is 0 Å². The highest BCUT2D eigenvalue weighted by Gasteiger charge is 2.15. The van der Waals surface area contributed by atoms with Crippen LogP contribution in [-0.4, -0.2) is 9.38 Å². The van der Waals surface area contributed by atoms with E-state index in [1.807, 2.05) is 6.07 Å². The summed E-state index contributed by atoms with van der Waals surface area (Å²) in [6.07, 6.45) is 2.11. The molecule has 0 atom stereocenters. The molecule has 1 aromatic carbocycles. The first-order valence-corrected chi connectivity index (χ1v) is 8.76. The average molecular weight is 322 g/mol. The Morgan fingerprint density at radius 1 is 1.05 bits per heavy atom. The fourth-order valence-corrected chi connectivity index (χ4v) is 4.32. The fraction of sp³-hybridized carbons (Fsp3) is 0.0556. The molecule has 3 heterocycles. The van der Waals surface area contributed by atoms with E-state index in [2.05, 4.69) is 71.4 Å². The minimum atomic E-state index is 0.998. The average Bonchev–Trinajstić information content (AvgIpc) is 3.17. The molecule has 4 aromatic rings. The van der Waals surface area contributed by atoms with E-state index >= 15 is 0 Å². The van der Waals surface area contributed by atoms with Crippen LogP contribution in [0.2, 0.25) is 0 Å². The number of imidazole rings is 1. The Morgan fingerprint density at radius 3 is 2.68 bits per heavy atom. The number of aromatic nitrogens is 2. The second-order valence-corrected chi connectivity index (χ2v) is 7.33. The van der Waals surface area contributed by atoms with Gasteiger partial charge in [-0.15, -0.1) is 11.3 Å². The number of thiophene rings is 1. The third-order valence-corrected chi connectivity index (χ3v) is 5.60. The van der Waals surface area contributed by atoms with E-state index in [1.165, 1.54) is 14.8 Å². The van der Waals surface area contributed by atoms with E-state index in [9.17, 15) is 0 Å². The summed E-state index contributed by atoms with van der Waals surface area (Å²) in [5, 5.41) is 3.28. The van der Waals surface area contributed by atoms with Gasteiger partial charge in [0, 0.05) is 11.8 Å². The first-order chi connectivity index (χ1) is 10.8. The zero-order valence-electron chi connectivity index (χ0n) is 12.1. The van der Waals surface area contributed by atoms with Gasteiger partial charge in [-0.1, -0.05) is 48.2 Å². The SMILES string of the molecule is Cc1ccn2c(Sc3cccs3)c(-c3ccccc3)nc2c1. The van der Waals surface area contributed by atoms with Gasteiger partial charge in [0.05, 0.1) is 4.21 Å². The smallest absolute Gasteiger partial charge is 0.138 e. The van der Waals surface area contributed by atoms with Crippen LogP contribution in [-0.2, 0) is 0 Å². The van der Waals surface area contributed by atoms with Crippen molar-refractivity contribution in [1.29, 1.82) is 0 Å². The molecule has 0 spiro atoms. The normalized spacial score (nSPS) is 11.1.